The van der Waals surface area contributed by atoms with Crippen molar-refractivity contribution in [1.29, 1.82) is 0 Å². The summed E-state index contributed by atoms with van der Waals surface area (Å²) in [4.78, 5) is 0. The van der Waals surface area contributed by atoms with Gasteiger partial charge in [-0.3, -0.25) is 5.32 Å². The molecule has 1 aromatic rings. The predicted molar refractivity (Wildman–Crippen MR) is 70.3 cm³/mol. The van der Waals surface area contributed by atoms with E-state index in [2.05, 4.69) is 25.2 Å². The molecule has 0 amide bonds. The Hall–Kier alpha value is -1.04. The van der Waals surface area contributed by atoms with Gasteiger partial charge in [0, 0.05) is 11.0 Å². The molecule has 0 radical (unpaired) electrons. The van der Waals surface area contributed by atoms with E-state index in [0.717, 1.165) is 11.2 Å². The molecule has 3 rings (SSSR count). The number of rotatable bonds is 2. The van der Waals surface area contributed by atoms with Crippen LogP contribution in [0.4, 0.5) is 0 Å². The fourth-order valence-corrected chi connectivity index (χ4v) is 2.70. The van der Waals surface area contributed by atoms with Crippen molar-refractivity contribution in [3.05, 3.63) is 23.3 Å². The summed E-state index contributed by atoms with van der Waals surface area (Å²) >= 11 is 0. The lowest BCUT2D eigenvalue weighted by atomic mass is 9.75. The van der Waals surface area contributed by atoms with Crippen LogP contribution in [0, 0.1) is 0 Å². The second kappa shape index (κ2) is 4.57. The van der Waals surface area contributed by atoms with Crippen molar-refractivity contribution >= 4 is 12.6 Å². The van der Waals surface area contributed by atoms with Gasteiger partial charge in [0.25, 0.3) is 0 Å². The lowest BCUT2D eigenvalue weighted by molar-refractivity contribution is 0.127. The quantitative estimate of drug-likeness (QED) is 0.796. The van der Waals surface area contributed by atoms with E-state index in [4.69, 9.17) is 14.0 Å². The van der Waals surface area contributed by atoms with Crippen LogP contribution in [0.5, 0.6) is 5.75 Å². The average molecular weight is 247 g/mol. The van der Waals surface area contributed by atoms with Crippen molar-refractivity contribution in [3.63, 3.8) is 0 Å². The Labute approximate surface area is 108 Å². The van der Waals surface area contributed by atoms with E-state index in [9.17, 15) is 0 Å². The molecule has 5 heteroatoms. The molecule has 0 aliphatic carbocycles. The summed E-state index contributed by atoms with van der Waals surface area (Å²) in [5.41, 5.74) is 3.56. The van der Waals surface area contributed by atoms with E-state index in [0.29, 0.717) is 19.1 Å². The van der Waals surface area contributed by atoms with Gasteiger partial charge in [-0.05, 0) is 24.6 Å². The summed E-state index contributed by atoms with van der Waals surface area (Å²) < 4.78 is 17.4. The van der Waals surface area contributed by atoms with Crippen molar-refractivity contribution < 1.29 is 14.0 Å². The zero-order valence-electron chi connectivity index (χ0n) is 11.0. The van der Waals surface area contributed by atoms with Gasteiger partial charge < -0.3 is 14.0 Å². The highest BCUT2D eigenvalue weighted by Gasteiger charge is 2.42. The Morgan fingerprint density at radius 1 is 1.33 bits per heavy atom. The Balaban J connectivity index is 2.18. The highest BCUT2D eigenvalue weighted by molar-refractivity contribution is 6.64. The van der Waals surface area contributed by atoms with Gasteiger partial charge in [-0.1, -0.05) is 19.9 Å². The topological polar surface area (TPSA) is 39.7 Å². The van der Waals surface area contributed by atoms with Gasteiger partial charge in [0.15, 0.2) is 0 Å². The molecule has 0 aromatic heterocycles. The smallest absolute Gasteiger partial charge is 0.492 e. The molecule has 0 fully saturated rings. The van der Waals surface area contributed by atoms with Gasteiger partial charge in [-0.15, -0.1) is 0 Å². The lowest BCUT2D eigenvalue weighted by Gasteiger charge is -2.18. The molecule has 2 heterocycles. The zero-order valence-corrected chi connectivity index (χ0v) is 11.0. The average Bonchev–Trinajstić information content (AvgIpc) is 2.60. The fourth-order valence-electron chi connectivity index (χ4n) is 2.70. The molecule has 4 nitrogen and oxygen atoms in total. The van der Waals surface area contributed by atoms with Gasteiger partial charge in [-0.25, -0.2) is 0 Å². The monoisotopic (exact) mass is 247 g/mol. The summed E-state index contributed by atoms with van der Waals surface area (Å²) in [6.45, 7) is 5.52. The van der Waals surface area contributed by atoms with Gasteiger partial charge in [0.2, 0.25) is 0 Å². The molecule has 18 heavy (non-hydrogen) atoms. The molecule has 0 spiro atoms. The van der Waals surface area contributed by atoms with Crippen LogP contribution < -0.4 is 15.5 Å². The third-order valence-corrected chi connectivity index (χ3v) is 3.53. The number of ether oxygens (including phenoxy) is 1. The summed E-state index contributed by atoms with van der Waals surface area (Å²) in [7, 11) is 1.61. The van der Waals surface area contributed by atoms with Crippen molar-refractivity contribution in [2.75, 3.05) is 20.3 Å². The van der Waals surface area contributed by atoms with Gasteiger partial charge in [-0.2, -0.15) is 0 Å². The van der Waals surface area contributed by atoms with Crippen LogP contribution in [-0.2, 0) is 9.31 Å². The molecule has 0 bridgehead atoms. The van der Waals surface area contributed by atoms with E-state index in [1.165, 1.54) is 11.1 Å². The minimum absolute atomic E-state index is 0.107. The van der Waals surface area contributed by atoms with Crippen LogP contribution in [0.1, 0.15) is 37.1 Å². The first kappa shape index (κ1) is 12.0. The lowest BCUT2D eigenvalue weighted by Crippen LogP contribution is -2.32. The van der Waals surface area contributed by atoms with Crippen LogP contribution in [0.15, 0.2) is 12.1 Å². The van der Waals surface area contributed by atoms with Crippen LogP contribution in [0.25, 0.3) is 0 Å². The van der Waals surface area contributed by atoms with Crippen LogP contribution in [-0.4, -0.2) is 27.4 Å². The summed E-state index contributed by atoms with van der Waals surface area (Å²) in [5.74, 6) is 1.35. The molecular weight excluding hydrogens is 229 g/mol. The molecule has 2 aliphatic heterocycles. The van der Waals surface area contributed by atoms with Gasteiger partial charge >= 0.3 is 7.12 Å². The van der Waals surface area contributed by atoms with Crippen LogP contribution >= 0.6 is 0 Å². The van der Waals surface area contributed by atoms with Crippen LogP contribution in [0.2, 0.25) is 0 Å². The standard InChI is InChI=1S/C13H18BNO3/c1-8(2)9-4-5-10-12-11(9)13(15-3)18-14(12)17-7-6-16-10/h4-5,8,13,15H,6-7H2,1-3H3/t13-/m0/s1. The Morgan fingerprint density at radius 3 is 2.89 bits per heavy atom. The van der Waals surface area contributed by atoms with Gasteiger partial charge in [0.1, 0.15) is 18.6 Å². The molecule has 0 unspecified atom stereocenters. The predicted octanol–water partition coefficient (Wildman–Crippen LogP) is 1.16. The first-order chi connectivity index (χ1) is 8.72. The Kier molecular flexibility index (Phi) is 3.05. The molecule has 2 aliphatic rings. The molecule has 0 saturated carbocycles. The van der Waals surface area contributed by atoms with E-state index in [-0.39, 0.29) is 13.3 Å². The molecular formula is C13H18BNO3. The van der Waals surface area contributed by atoms with Crippen molar-refractivity contribution in [2.45, 2.75) is 26.0 Å². The molecule has 96 valence electrons. The third-order valence-electron chi connectivity index (χ3n) is 3.53. The first-order valence-electron chi connectivity index (χ1n) is 6.46. The van der Waals surface area contributed by atoms with Gasteiger partial charge in [0.05, 0.1) is 6.61 Å². The number of hydrogen-bond acceptors (Lipinski definition) is 4. The summed E-state index contributed by atoms with van der Waals surface area (Å²) in [6, 6.07) is 4.18. The second-order valence-corrected chi connectivity index (χ2v) is 4.99. The van der Waals surface area contributed by atoms with E-state index in [1.54, 1.807) is 0 Å². The van der Waals surface area contributed by atoms with Crippen molar-refractivity contribution in [2.24, 2.45) is 0 Å². The summed E-state index contributed by atoms with van der Waals surface area (Å²) in [5, 5.41) is 3.20. The normalized spacial score (nSPS) is 21.8. The largest absolute Gasteiger partial charge is 0.499 e. The minimum atomic E-state index is -0.298. The highest BCUT2D eigenvalue weighted by atomic mass is 16.6. The zero-order chi connectivity index (χ0) is 12.7. The van der Waals surface area contributed by atoms with E-state index < -0.39 is 0 Å². The third kappa shape index (κ3) is 1.74. The molecule has 1 aromatic carbocycles. The van der Waals surface area contributed by atoms with Crippen LogP contribution in [0.3, 0.4) is 0 Å². The number of nitrogens with one attached hydrogen (secondary N) is 1. The van der Waals surface area contributed by atoms with E-state index >= 15 is 0 Å². The number of hydrogen-bond donors (Lipinski definition) is 1. The Bertz CT molecular complexity index is 464. The molecule has 0 saturated heterocycles. The highest BCUT2D eigenvalue weighted by Crippen LogP contribution is 2.34. The molecule has 1 N–H and O–H groups in total. The van der Waals surface area contributed by atoms with Crippen molar-refractivity contribution in [3.8, 4) is 5.75 Å². The number of benzene rings is 1. The maximum Gasteiger partial charge on any atom is 0.499 e. The maximum atomic E-state index is 5.92. The fraction of sp³-hybridized carbons (Fsp3) is 0.538. The first-order valence-corrected chi connectivity index (χ1v) is 6.46. The molecule has 1 atom stereocenters. The van der Waals surface area contributed by atoms with E-state index in [1.807, 2.05) is 13.1 Å². The van der Waals surface area contributed by atoms with Crippen molar-refractivity contribution in [1.82, 2.24) is 5.32 Å². The SMILES string of the molecule is CN[C@H]1OB2OCCOc3ccc(C(C)C)c1c32. The minimum Gasteiger partial charge on any atom is -0.492 e. The maximum absolute atomic E-state index is 5.92. The second-order valence-electron chi connectivity index (χ2n) is 4.99. The summed E-state index contributed by atoms with van der Waals surface area (Å²) in [6.07, 6.45) is -0.107. The Morgan fingerprint density at radius 2 is 2.17 bits per heavy atom.